The molecule has 1 atom stereocenters. The summed E-state index contributed by atoms with van der Waals surface area (Å²) < 4.78 is 0. The van der Waals surface area contributed by atoms with E-state index >= 15 is 0 Å². The molecule has 5 nitrogen and oxygen atoms in total. The van der Waals surface area contributed by atoms with Crippen molar-refractivity contribution in [3.8, 4) is 11.3 Å². The highest BCUT2D eigenvalue weighted by Gasteiger charge is 2.52. The Kier molecular flexibility index (Phi) is 5.31. The van der Waals surface area contributed by atoms with Gasteiger partial charge in [-0.05, 0) is 36.6 Å². The van der Waals surface area contributed by atoms with Crippen LogP contribution in [0, 0.1) is 5.41 Å². The standard InChI is InChI=1S/C25H20Cl2N4O/c26-18-13-16-7-8-19(15-5-2-1-3-6-15)31-20(16)14-17(18)21(22-23(27)30-12-11-29-22)25(24(28)32)9-4-10-25/h1-3,5-8,11-14,21H,4,9-10H2,(H2,28,32). The van der Waals surface area contributed by atoms with Crippen LogP contribution < -0.4 is 5.73 Å². The van der Waals surface area contributed by atoms with Crippen LogP contribution in [0.3, 0.4) is 0 Å². The van der Waals surface area contributed by atoms with Gasteiger partial charge >= 0.3 is 0 Å². The summed E-state index contributed by atoms with van der Waals surface area (Å²) in [6.45, 7) is 0. The Hall–Kier alpha value is -3.02. The number of rotatable bonds is 5. The number of carbonyl (C=O) groups excluding carboxylic acids is 1. The maximum Gasteiger partial charge on any atom is 0.224 e. The summed E-state index contributed by atoms with van der Waals surface area (Å²) in [4.78, 5) is 26.2. The summed E-state index contributed by atoms with van der Waals surface area (Å²) in [6.07, 6.45) is 5.29. The molecule has 5 rings (SSSR count). The molecule has 2 aromatic carbocycles. The smallest absolute Gasteiger partial charge is 0.224 e. The highest BCUT2D eigenvalue weighted by molar-refractivity contribution is 6.32. The Balaban J connectivity index is 1.73. The molecule has 1 unspecified atom stereocenters. The lowest BCUT2D eigenvalue weighted by molar-refractivity contribution is -0.133. The molecule has 0 radical (unpaired) electrons. The van der Waals surface area contributed by atoms with Crippen molar-refractivity contribution in [3.63, 3.8) is 0 Å². The number of nitrogens with zero attached hydrogens (tertiary/aromatic N) is 3. The van der Waals surface area contributed by atoms with Crippen molar-refractivity contribution in [3.05, 3.63) is 88.4 Å². The third kappa shape index (κ3) is 3.42. The highest BCUT2D eigenvalue weighted by Crippen LogP contribution is 2.55. The van der Waals surface area contributed by atoms with Gasteiger partial charge in [0, 0.05) is 34.3 Å². The number of aromatic nitrogens is 3. The van der Waals surface area contributed by atoms with Crippen molar-refractivity contribution in [1.29, 1.82) is 0 Å². The first kappa shape index (κ1) is 20.9. The number of halogens is 2. The summed E-state index contributed by atoms with van der Waals surface area (Å²) in [7, 11) is 0. The van der Waals surface area contributed by atoms with Crippen LogP contribution in [0.25, 0.3) is 22.2 Å². The largest absolute Gasteiger partial charge is 0.369 e. The van der Waals surface area contributed by atoms with Gasteiger partial charge in [-0.15, -0.1) is 0 Å². The summed E-state index contributed by atoms with van der Waals surface area (Å²) in [5, 5.41) is 1.67. The van der Waals surface area contributed by atoms with E-state index in [1.165, 1.54) is 6.20 Å². The zero-order valence-corrected chi connectivity index (χ0v) is 18.6. The van der Waals surface area contributed by atoms with Gasteiger partial charge in [0.1, 0.15) is 0 Å². The average molecular weight is 463 g/mol. The summed E-state index contributed by atoms with van der Waals surface area (Å²) >= 11 is 13.2. The zero-order valence-electron chi connectivity index (χ0n) is 17.1. The van der Waals surface area contributed by atoms with E-state index in [0.29, 0.717) is 23.6 Å². The third-order valence-electron chi connectivity index (χ3n) is 6.43. The minimum absolute atomic E-state index is 0.243. The Labute approximate surface area is 195 Å². The van der Waals surface area contributed by atoms with Crippen LogP contribution in [-0.4, -0.2) is 20.9 Å². The molecule has 2 heterocycles. The average Bonchev–Trinajstić information content (AvgIpc) is 2.76. The molecule has 4 aromatic rings. The van der Waals surface area contributed by atoms with Crippen molar-refractivity contribution in [1.82, 2.24) is 15.0 Å². The first-order valence-corrected chi connectivity index (χ1v) is 11.2. The monoisotopic (exact) mass is 462 g/mol. The Morgan fingerprint density at radius 2 is 1.75 bits per heavy atom. The fourth-order valence-electron chi connectivity index (χ4n) is 4.62. The number of carbonyl (C=O) groups is 1. The summed E-state index contributed by atoms with van der Waals surface area (Å²) in [5.41, 5.74) is 9.01. The molecule has 1 fully saturated rings. The lowest BCUT2D eigenvalue weighted by atomic mass is 9.58. The van der Waals surface area contributed by atoms with Crippen LogP contribution in [0.5, 0.6) is 0 Å². The van der Waals surface area contributed by atoms with Crippen LogP contribution in [0.2, 0.25) is 10.2 Å². The number of amides is 1. The van der Waals surface area contributed by atoms with Gasteiger partial charge in [0.2, 0.25) is 5.91 Å². The molecule has 32 heavy (non-hydrogen) atoms. The van der Waals surface area contributed by atoms with Crippen molar-refractivity contribution in [2.24, 2.45) is 11.1 Å². The van der Waals surface area contributed by atoms with Crippen LogP contribution in [0.15, 0.2) is 67.0 Å². The van der Waals surface area contributed by atoms with Gasteiger partial charge in [-0.25, -0.2) is 9.97 Å². The molecule has 160 valence electrons. The Morgan fingerprint density at radius 1 is 1.00 bits per heavy atom. The minimum Gasteiger partial charge on any atom is -0.369 e. The van der Waals surface area contributed by atoms with Crippen LogP contribution in [0.4, 0.5) is 0 Å². The van der Waals surface area contributed by atoms with E-state index in [9.17, 15) is 4.79 Å². The number of primary amides is 1. The molecule has 0 saturated heterocycles. The summed E-state index contributed by atoms with van der Waals surface area (Å²) in [5.74, 6) is -0.883. The van der Waals surface area contributed by atoms with E-state index in [4.69, 9.17) is 33.9 Å². The van der Waals surface area contributed by atoms with Gasteiger partial charge in [-0.1, -0.05) is 66.0 Å². The number of benzene rings is 2. The molecule has 2 aromatic heterocycles. The fourth-order valence-corrected chi connectivity index (χ4v) is 5.11. The van der Waals surface area contributed by atoms with Gasteiger partial charge in [0.05, 0.1) is 22.3 Å². The van der Waals surface area contributed by atoms with Crippen molar-refractivity contribution >= 4 is 40.0 Å². The topological polar surface area (TPSA) is 81.8 Å². The van der Waals surface area contributed by atoms with E-state index in [1.807, 2.05) is 54.6 Å². The lowest BCUT2D eigenvalue weighted by Gasteiger charge is -2.45. The molecule has 1 aliphatic carbocycles. The SMILES string of the molecule is NC(=O)C1(C(c2cc3nc(-c4ccccc4)ccc3cc2Cl)c2nccnc2Cl)CCC1. The molecular weight excluding hydrogens is 443 g/mol. The second kappa shape index (κ2) is 8.15. The van der Waals surface area contributed by atoms with E-state index in [0.717, 1.165) is 34.1 Å². The van der Waals surface area contributed by atoms with Crippen molar-refractivity contribution in [2.45, 2.75) is 25.2 Å². The van der Waals surface area contributed by atoms with Gasteiger partial charge in [-0.2, -0.15) is 0 Å². The van der Waals surface area contributed by atoms with Gasteiger partial charge in [-0.3, -0.25) is 9.78 Å². The number of hydrogen-bond donors (Lipinski definition) is 1. The second-order valence-electron chi connectivity index (χ2n) is 8.17. The molecule has 1 aliphatic rings. The second-order valence-corrected chi connectivity index (χ2v) is 8.93. The molecule has 0 spiro atoms. The Bertz CT molecular complexity index is 1320. The molecular formula is C25H20Cl2N4O. The maximum absolute atomic E-state index is 12.7. The molecule has 1 saturated carbocycles. The number of nitrogens with two attached hydrogens (primary N) is 1. The van der Waals surface area contributed by atoms with Crippen LogP contribution >= 0.6 is 23.2 Å². The predicted molar refractivity (Wildman–Crippen MR) is 127 cm³/mol. The van der Waals surface area contributed by atoms with Crippen LogP contribution in [0.1, 0.15) is 36.4 Å². The molecule has 7 heteroatoms. The number of fused-ring (bicyclic) bond motifs is 1. The number of pyridine rings is 1. The molecule has 2 N–H and O–H groups in total. The van der Waals surface area contributed by atoms with Gasteiger partial charge in [0.15, 0.2) is 5.15 Å². The molecule has 0 bridgehead atoms. The fraction of sp³-hybridized carbons (Fsp3) is 0.200. The van der Waals surface area contributed by atoms with Gasteiger partial charge in [0.25, 0.3) is 0 Å². The number of hydrogen-bond acceptors (Lipinski definition) is 4. The van der Waals surface area contributed by atoms with E-state index in [1.54, 1.807) is 6.20 Å². The van der Waals surface area contributed by atoms with E-state index in [-0.39, 0.29) is 11.1 Å². The normalized spacial score (nSPS) is 15.8. The third-order valence-corrected chi connectivity index (χ3v) is 7.05. The lowest BCUT2D eigenvalue weighted by Crippen LogP contribution is -2.48. The van der Waals surface area contributed by atoms with Crippen molar-refractivity contribution in [2.75, 3.05) is 0 Å². The minimum atomic E-state index is -0.811. The first-order chi connectivity index (χ1) is 15.5. The summed E-state index contributed by atoms with van der Waals surface area (Å²) in [6, 6.07) is 17.7. The van der Waals surface area contributed by atoms with E-state index < -0.39 is 11.3 Å². The molecule has 1 amide bonds. The van der Waals surface area contributed by atoms with Gasteiger partial charge < -0.3 is 5.73 Å². The molecule has 0 aliphatic heterocycles. The first-order valence-electron chi connectivity index (χ1n) is 10.4. The Morgan fingerprint density at radius 3 is 2.41 bits per heavy atom. The predicted octanol–water partition coefficient (Wildman–Crippen LogP) is 5.79. The zero-order chi connectivity index (χ0) is 22.3. The quantitative estimate of drug-likeness (QED) is 0.407. The maximum atomic E-state index is 12.7. The van der Waals surface area contributed by atoms with Crippen molar-refractivity contribution < 1.29 is 4.79 Å². The van der Waals surface area contributed by atoms with Crippen LogP contribution in [-0.2, 0) is 4.79 Å². The van der Waals surface area contributed by atoms with E-state index in [2.05, 4.69) is 9.97 Å². The highest BCUT2D eigenvalue weighted by atomic mass is 35.5.